The number of para-hydroxylation sites is 1. The van der Waals surface area contributed by atoms with Gasteiger partial charge in [-0.2, -0.15) is 0 Å². The Kier molecular flexibility index (Phi) is 6.05. The molecule has 1 atom stereocenters. The van der Waals surface area contributed by atoms with E-state index in [1.165, 1.54) is 0 Å². The van der Waals surface area contributed by atoms with Crippen LogP contribution in [-0.4, -0.2) is 30.1 Å². The number of benzene rings is 1. The number of carbonyl (C=O) groups is 2. The van der Waals surface area contributed by atoms with Crippen LogP contribution in [0.25, 0.3) is 0 Å². The minimum atomic E-state index is -1.15. The monoisotopic (exact) mass is 286 g/mol. The van der Waals surface area contributed by atoms with Crippen molar-refractivity contribution in [3.8, 4) is 0 Å². The van der Waals surface area contributed by atoms with Crippen molar-refractivity contribution >= 4 is 17.5 Å². The van der Waals surface area contributed by atoms with Crippen molar-refractivity contribution in [2.24, 2.45) is 5.92 Å². The largest absolute Gasteiger partial charge is 0.396 e. The zero-order chi connectivity index (χ0) is 15.1. The van der Waals surface area contributed by atoms with Crippen LogP contribution in [-0.2, 0) is 9.59 Å². The lowest BCUT2D eigenvalue weighted by atomic mass is 10.1. The third kappa shape index (κ3) is 4.58. The quantitative estimate of drug-likeness (QED) is 0.708. The number of aliphatic hydroxyl groups is 1. The van der Waals surface area contributed by atoms with Crippen LogP contribution >= 0.6 is 0 Å². The van der Waals surface area contributed by atoms with Gasteiger partial charge in [0.1, 0.15) is 17.3 Å². The molecule has 0 spiro atoms. The lowest BCUT2D eigenvalue weighted by Crippen LogP contribution is -2.38. The van der Waals surface area contributed by atoms with Crippen molar-refractivity contribution in [3.05, 3.63) is 29.8 Å². The highest BCUT2D eigenvalue weighted by atomic mass is 19.1. The van der Waals surface area contributed by atoms with E-state index in [9.17, 15) is 18.4 Å². The predicted molar refractivity (Wildman–Crippen MR) is 68.9 cm³/mol. The fourth-order valence-corrected chi connectivity index (χ4v) is 1.46. The Morgan fingerprint density at radius 2 is 1.85 bits per heavy atom. The van der Waals surface area contributed by atoms with Crippen molar-refractivity contribution in [2.75, 3.05) is 18.5 Å². The van der Waals surface area contributed by atoms with Crippen LogP contribution < -0.4 is 10.6 Å². The van der Waals surface area contributed by atoms with Gasteiger partial charge >= 0.3 is 11.8 Å². The molecule has 3 N–H and O–H groups in total. The molecule has 0 radical (unpaired) electrons. The van der Waals surface area contributed by atoms with E-state index in [0.29, 0.717) is 6.42 Å². The van der Waals surface area contributed by atoms with Crippen molar-refractivity contribution in [1.29, 1.82) is 0 Å². The van der Waals surface area contributed by atoms with Crippen LogP contribution in [0.5, 0.6) is 0 Å². The summed E-state index contributed by atoms with van der Waals surface area (Å²) in [5.74, 6) is -4.07. The Morgan fingerprint density at radius 3 is 2.40 bits per heavy atom. The molecule has 2 amide bonds. The number of carbonyl (C=O) groups excluding carboxylic acids is 2. The van der Waals surface area contributed by atoms with E-state index >= 15 is 0 Å². The van der Waals surface area contributed by atoms with Gasteiger partial charge in [-0.25, -0.2) is 8.78 Å². The number of rotatable bonds is 5. The highest BCUT2D eigenvalue weighted by molar-refractivity contribution is 6.39. The predicted octanol–water partition coefficient (Wildman–Crippen LogP) is 1.04. The summed E-state index contributed by atoms with van der Waals surface area (Å²) in [6.07, 6.45) is 0.476. The summed E-state index contributed by atoms with van der Waals surface area (Å²) in [6, 6.07) is 3.09. The molecule has 5 nitrogen and oxygen atoms in total. The number of halogens is 2. The van der Waals surface area contributed by atoms with Crippen LogP contribution in [0.3, 0.4) is 0 Å². The number of anilines is 1. The summed E-state index contributed by atoms with van der Waals surface area (Å²) in [6.45, 7) is 1.95. The summed E-state index contributed by atoms with van der Waals surface area (Å²) in [5, 5.41) is 12.9. The van der Waals surface area contributed by atoms with Crippen LogP contribution in [0.15, 0.2) is 18.2 Å². The van der Waals surface area contributed by atoms with Crippen molar-refractivity contribution in [1.82, 2.24) is 5.32 Å². The molecule has 0 aliphatic heterocycles. The van der Waals surface area contributed by atoms with Gasteiger partial charge < -0.3 is 15.7 Å². The Labute approximate surface area is 115 Å². The second-order valence-corrected chi connectivity index (χ2v) is 4.38. The van der Waals surface area contributed by atoms with E-state index in [1.807, 2.05) is 5.32 Å². The summed E-state index contributed by atoms with van der Waals surface area (Å²) in [5.41, 5.74) is -0.656. The summed E-state index contributed by atoms with van der Waals surface area (Å²) >= 11 is 0. The molecule has 7 heteroatoms. The van der Waals surface area contributed by atoms with Gasteiger partial charge in [-0.3, -0.25) is 9.59 Å². The number of nitrogens with one attached hydrogen (secondary N) is 2. The van der Waals surface area contributed by atoms with Crippen molar-refractivity contribution < 1.29 is 23.5 Å². The van der Waals surface area contributed by atoms with Gasteiger partial charge in [0.2, 0.25) is 0 Å². The van der Waals surface area contributed by atoms with Gasteiger partial charge in [-0.15, -0.1) is 0 Å². The fourth-order valence-electron chi connectivity index (χ4n) is 1.46. The Bertz CT molecular complexity index is 474. The highest BCUT2D eigenvalue weighted by Crippen LogP contribution is 2.17. The minimum absolute atomic E-state index is 0.0121. The fraction of sp³-hybridized carbons (Fsp3) is 0.385. The molecule has 1 unspecified atom stereocenters. The van der Waals surface area contributed by atoms with Crippen molar-refractivity contribution in [2.45, 2.75) is 13.3 Å². The third-order valence-electron chi connectivity index (χ3n) is 2.64. The molecule has 0 aliphatic rings. The molecule has 0 aromatic heterocycles. The summed E-state index contributed by atoms with van der Waals surface area (Å²) in [7, 11) is 0. The molecule has 0 aliphatic carbocycles. The maximum absolute atomic E-state index is 13.3. The van der Waals surface area contributed by atoms with Crippen LogP contribution in [0.1, 0.15) is 13.3 Å². The second-order valence-electron chi connectivity index (χ2n) is 4.38. The molecule has 0 fully saturated rings. The first-order chi connectivity index (χ1) is 9.45. The van der Waals surface area contributed by atoms with Gasteiger partial charge in [0.25, 0.3) is 0 Å². The second kappa shape index (κ2) is 7.54. The molecule has 20 heavy (non-hydrogen) atoms. The van der Waals surface area contributed by atoms with E-state index in [0.717, 1.165) is 18.2 Å². The number of amides is 2. The Hall–Kier alpha value is -2.02. The van der Waals surface area contributed by atoms with Gasteiger partial charge in [0.15, 0.2) is 0 Å². The van der Waals surface area contributed by atoms with Crippen molar-refractivity contribution in [3.63, 3.8) is 0 Å². The van der Waals surface area contributed by atoms with E-state index in [1.54, 1.807) is 6.92 Å². The van der Waals surface area contributed by atoms with E-state index in [2.05, 4.69) is 5.32 Å². The maximum atomic E-state index is 13.3. The van der Waals surface area contributed by atoms with Gasteiger partial charge in [-0.05, 0) is 24.5 Å². The van der Waals surface area contributed by atoms with Gasteiger partial charge in [-0.1, -0.05) is 13.0 Å². The molecule has 0 bridgehead atoms. The summed E-state index contributed by atoms with van der Waals surface area (Å²) in [4.78, 5) is 22.9. The van der Waals surface area contributed by atoms with Gasteiger partial charge in [0.05, 0.1) is 0 Å². The van der Waals surface area contributed by atoms with Gasteiger partial charge in [0, 0.05) is 13.2 Å². The molecular formula is C13H16F2N2O3. The van der Waals surface area contributed by atoms with Crippen LogP contribution in [0.2, 0.25) is 0 Å². The number of hydrogen-bond acceptors (Lipinski definition) is 3. The average Bonchev–Trinajstić information content (AvgIpc) is 2.40. The van der Waals surface area contributed by atoms with Crippen LogP contribution in [0.4, 0.5) is 14.5 Å². The molecule has 0 saturated heterocycles. The Balaban J connectivity index is 2.56. The lowest BCUT2D eigenvalue weighted by molar-refractivity contribution is -0.136. The molecule has 0 heterocycles. The smallest absolute Gasteiger partial charge is 0.313 e. The zero-order valence-corrected chi connectivity index (χ0v) is 11.0. The molecule has 0 saturated carbocycles. The minimum Gasteiger partial charge on any atom is -0.396 e. The number of aliphatic hydroxyl groups excluding tert-OH is 1. The normalized spacial score (nSPS) is 11.8. The topological polar surface area (TPSA) is 78.4 Å². The SMILES string of the molecule is CC(CCO)CNC(=O)C(=O)Nc1c(F)cccc1F. The Morgan fingerprint density at radius 1 is 1.25 bits per heavy atom. The molecule has 110 valence electrons. The maximum Gasteiger partial charge on any atom is 0.313 e. The van der Waals surface area contributed by atoms with Crippen LogP contribution in [0, 0.1) is 17.6 Å². The summed E-state index contributed by atoms with van der Waals surface area (Å²) < 4.78 is 26.5. The van der Waals surface area contributed by atoms with E-state index in [4.69, 9.17) is 5.11 Å². The first kappa shape index (κ1) is 16.0. The molecule has 1 aromatic carbocycles. The molecule has 1 rings (SSSR count). The zero-order valence-electron chi connectivity index (χ0n) is 11.0. The first-order valence-electron chi connectivity index (χ1n) is 6.09. The van der Waals surface area contributed by atoms with E-state index in [-0.39, 0.29) is 19.1 Å². The first-order valence-corrected chi connectivity index (χ1v) is 6.09. The number of hydrogen-bond donors (Lipinski definition) is 3. The standard InChI is InChI=1S/C13H16F2N2O3/c1-8(5-6-18)7-16-12(19)13(20)17-11-9(14)3-2-4-10(11)15/h2-4,8,18H,5-7H2,1H3,(H,16,19)(H,17,20). The average molecular weight is 286 g/mol. The highest BCUT2D eigenvalue weighted by Gasteiger charge is 2.18. The molecule has 1 aromatic rings. The molecular weight excluding hydrogens is 270 g/mol. The lowest BCUT2D eigenvalue weighted by Gasteiger charge is -2.11. The van der Waals surface area contributed by atoms with E-state index < -0.39 is 29.1 Å². The third-order valence-corrected chi connectivity index (χ3v) is 2.64.